The summed E-state index contributed by atoms with van der Waals surface area (Å²) in [5, 5.41) is 1.22. The van der Waals surface area contributed by atoms with E-state index in [9.17, 15) is 31.1 Å². The van der Waals surface area contributed by atoms with E-state index in [0.717, 1.165) is 17.7 Å². The normalized spacial score (nSPS) is 11.1. The Morgan fingerprint density at radius 3 is 1.42 bits per heavy atom. The smallest absolute Gasteiger partial charge is 0.398 e. The molecule has 0 amide bonds. The first-order valence-electron chi connectivity index (χ1n) is 14.2. The molecule has 0 heterocycles. The summed E-state index contributed by atoms with van der Waals surface area (Å²) >= 11 is 11.4. The highest BCUT2D eigenvalue weighted by molar-refractivity contribution is 6.31. The second kappa shape index (κ2) is 18.7. The number of nitrogens with two attached hydrogens (primary N) is 1. The Morgan fingerprint density at radius 2 is 1.02 bits per heavy atom. The van der Waals surface area contributed by atoms with Crippen molar-refractivity contribution in [1.29, 1.82) is 0 Å². The lowest BCUT2D eigenvalue weighted by Gasteiger charge is -2.10. The average molecular weight is 709 g/mol. The molecule has 0 unspecified atom stereocenters. The van der Waals surface area contributed by atoms with Crippen LogP contribution in [0.25, 0.3) is 0 Å². The number of alkyl halides is 6. The number of Topliss-reactive ketones (excluding diaryl/α,β-unsaturated/α-hetero) is 1. The van der Waals surface area contributed by atoms with Gasteiger partial charge in [-0.05, 0) is 87.0 Å². The topological polar surface area (TPSA) is 55.5 Å². The number of ketones is 1. The molecule has 0 atom stereocenters. The summed E-state index contributed by atoms with van der Waals surface area (Å²) in [5.41, 5.74) is 6.49. The van der Waals surface area contributed by atoms with Crippen molar-refractivity contribution in [3.63, 3.8) is 0 Å². The molecule has 5 aromatic carbocycles. The quantitative estimate of drug-likeness (QED) is 0.0878. The minimum Gasteiger partial charge on any atom is -0.398 e. The first-order valence-corrected chi connectivity index (χ1v) is 14.9. The van der Waals surface area contributed by atoms with Gasteiger partial charge in [0.1, 0.15) is 0 Å². The van der Waals surface area contributed by atoms with Crippen molar-refractivity contribution in [2.24, 2.45) is 4.99 Å². The standard InChI is InChI=1S/C15H11ClF3N.C8H7ClO.C7H6F3N.C7H8.H2/c1-10(11-6-8-12(16)9-7-11)20-14-5-3-2-4-13(14)15(17,18)19;1-6(10)7-2-4-8(9)5-3-7;8-7(9,10)5-3-1-2-4-6(5)11;1-7-5-3-2-4-6-7;/h2-9H,1H3;2-5H,1H3;1-4H,11H2;2-6H,1H3;1H/i;;;;1+1. The molecule has 0 fully saturated rings. The Kier molecular flexibility index (Phi) is 15.4. The van der Waals surface area contributed by atoms with Crippen molar-refractivity contribution in [2.75, 3.05) is 5.73 Å². The van der Waals surface area contributed by atoms with Crippen LogP contribution in [0, 0.1) is 6.92 Å². The molecule has 0 saturated heterocycles. The number of hydrogen-bond acceptors (Lipinski definition) is 3. The molecule has 3 nitrogen and oxygen atoms in total. The maximum absolute atomic E-state index is 12.9. The Morgan fingerprint density at radius 1 is 0.604 bits per heavy atom. The van der Waals surface area contributed by atoms with E-state index in [4.69, 9.17) is 28.9 Å². The second-order valence-corrected chi connectivity index (χ2v) is 10.9. The third-order valence-corrected chi connectivity index (χ3v) is 6.72. The van der Waals surface area contributed by atoms with Gasteiger partial charge in [-0.25, -0.2) is 0 Å². The second-order valence-electron chi connectivity index (χ2n) is 10.0. The first kappa shape index (κ1) is 39.6. The van der Waals surface area contributed by atoms with Crippen LogP contribution in [0.2, 0.25) is 10.0 Å². The van der Waals surface area contributed by atoms with E-state index in [2.05, 4.69) is 24.0 Å². The van der Waals surface area contributed by atoms with Gasteiger partial charge in [-0.2, -0.15) is 26.3 Å². The third-order valence-electron chi connectivity index (χ3n) is 6.22. The highest BCUT2D eigenvalue weighted by Gasteiger charge is 2.33. The number of para-hydroxylation sites is 2. The summed E-state index contributed by atoms with van der Waals surface area (Å²) in [6.07, 6.45) is -8.76. The Labute approximate surface area is 287 Å². The molecule has 11 heteroatoms. The average Bonchev–Trinajstić information content (AvgIpc) is 3.02. The summed E-state index contributed by atoms with van der Waals surface area (Å²) in [6.45, 7) is 5.28. The lowest BCUT2D eigenvalue weighted by Crippen LogP contribution is -2.07. The molecule has 0 saturated carbocycles. The van der Waals surface area contributed by atoms with Gasteiger partial charge in [0.05, 0.1) is 16.8 Å². The number of halogens is 8. The predicted octanol–water partition coefficient (Wildman–Crippen LogP) is 12.6. The van der Waals surface area contributed by atoms with Crippen LogP contribution < -0.4 is 5.73 Å². The highest BCUT2D eigenvalue weighted by Crippen LogP contribution is 2.36. The zero-order chi connectivity index (χ0) is 35.9. The number of nitrogens with zero attached hydrogens (tertiary/aromatic N) is 1. The van der Waals surface area contributed by atoms with Crippen LogP contribution in [0.15, 0.2) is 132 Å². The van der Waals surface area contributed by atoms with Gasteiger partial charge >= 0.3 is 12.4 Å². The fourth-order valence-corrected chi connectivity index (χ4v) is 3.97. The Hall–Kier alpha value is -4.60. The Bertz CT molecular complexity index is 1760. The molecule has 0 aliphatic carbocycles. The predicted molar refractivity (Wildman–Crippen MR) is 185 cm³/mol. The fraction of sp³-hybridized carbons (Fsp3) is 0.135. The molecule has 2 N–H and O–H groups in total. The van der Waals surface area contributed by atoms with Gasteiger partial charge in [0.15, 0.2) is 5.78 Å². The molecule has 254 valence electrons. The fourth-order valence-electron chi connectivity index (χ4n) is 3.72. The molecule has 0 aromatic heterocycles. The van der Waals surface area contributed by atoms with Gasteiger partial charge in [0, 0.05) is 28.4 Å². The number of benzene rings is 5. The van der Waals surface area contributed by atoms with Crippen LogP contribution >= 0.6 is 23.2 Å². The minimum absolute atomic E-state index is 0. The van der Waals surface area contributed by atoms with Crippen LogP contribution in [-0.2, 0) is 12.4 Å². The van der Waals surface area contributed by atoms with Gasteiger partial charge in [-0.15, -0.1) is 0 Å². The van der Waals surface area contributed by atoms with E-state index in [0.29, 0.717) is 21.3 Å². The molecule has 0 spiro atoms. The van der Waals surface area contributed by atoms with E-state index in [1.165, 1.54) is 48.9 Å². The highest BCUT2D eigenvalue weighted by atomic mass is 35.5. The maximum Gasteiger partial charge on any atom is 0.418 e. The molecule has 48 heavy (non-hydrogen) atoms. The van der Waals surface area contributed by atoms with Gasteiger partial charge in [-0.3, -0.25) is 9.79 Å². The molecular weight excluding hydrogens is 673 g/mol. The summed E-state index contributed by atoms with van der Waals surface area (Å²) < 4.78 is 74.5. The molecular formula is C37H34Cl2F6N2O. The minimum atomic E-state index is -4.42. The monoisotopic (exact) mass is 707 g/mol. The molecule has 0 aliphatic heterocycles. The molecule has 0 aliphatic rings. The van der Waals surface area contributed by atoms with Crippen molar-refractivity contribution in [2.45, 2.75) is 33.1 Å². The Balaban J connectivity index is 0.000000352. The van der Waals surface area contributed by atoms with Crippen LogP contribution in [0.4, 0.5) is 37.7 Å². The van der Waals surface area contributed by atoms with Crippen molar-refractivity contribution in [3.05, 3.63) is 165 Å². The van der Waals surface area contributed by atoms with Crippen LogP contribution in [0.5, 0.6) is 0 Å². The molecule has 0 radical (unpaired) electrons. The first-order chi connectivity index (χ1) is 22.5. The van der Waals surface area contributed by atoms with Crippen molar-refractivity contribution in [3.8, 4) is 0 Å². The maximum atomic E-state index is 12.9. The number of carbonyl (C=O) groups is 1. The lowest BCUT2D eigenvalue weighted by atomic mass is 10.1. The van der Waals surface area contributed by atoms with E-state index in [1.807, 2.05) is 18.2 Å². The van der Waals surface area contributed by atoms with E-state index in [1.54, 1.807) is 55.5 Å². The SMILES string of the molecule is CC(=Nc1ccccc1C(F)(F)F)c1ccc(Cl)cc1.CC(=O)c1ccc(Cl)cc1.Cc1ccccc1.Nc1ccccc1C(F)(F)F.[2HH]. The van der Waals surface area contributed by atoms with Gasteiger partial charge < -0.3 is 5.73 Å². The van der Waals surface area contributed by atoms with Crippen molar-refractivity contribution >= 4 is 46.1 Å². The number of rotatable bonds is 3. The van der Waals surface area contributed by atoms with Crippen LogP contribution in [-0.4, -0.2) is 11.5 Å². The summed E-state index contributed by atoms with van der Waals surface area (Å²) in [6, 6.07) is 34.1. The summed E-state index contributed by atoms with van der Waals surface area (Å²) in [7, 11) is 0. The molecule has 0 bridgehead atoms. The van der Waals surface area contributed by atoms with Gasteiger partial charge in [0.25, 0.3) is 0 Å². The van der Waals surface area contributed by atoms with E-state index < -0.39 is 23.5 Å². The van der Waals surface area contributed by atoms with Crippen molar-refractivity contribution < 1.29 is 32.6 Å². The lowest BCUT2D eigenvalue weighted by molar-refractivity contribution is -0.137. The third kappa shape index (κ3) is 14.0. The largest absolute Gasteiger partial charge is 0.418 e. The number of aryl methyl sites for hydroxylation is 1. The summed E-state index contributed by atoms with van der Waals surface area (Å²) in [5.74, 6) is 0.0664. The van der Waals surface area contributed by atoms with Crippen LogP contribution in [0.1, 0.15) is 47.9 Å². The van der Waals surface area contributed by atoms with E-state index >= 15 is 0 Å². The number of nitrogen functional groups attached to an aromatic ring is 1. The number of aliphatic imine (C=N–C) groups is 1. The number of carbonyl (C=O) groups excluding carboxylic acids is 1. The zero-order valence-electron chi connectivity index (χ0n) is 26.1. The van der Waals surface area contributed by atoms with Gasteiger partial charge in [-0.1, -0.05) is 95.5 Å². The van der Waals surface area contributed by atoms with E-state index in [-0.39, 0.29) is 18.6 Å². The van der Waals surface area contributed by atoms with Crippen LogP contribution in [0.3, 0.4) is 0 Å². The molecule has 5 rings (SSSR count). The zero-order valence-corrected chi connectivity index (χ0v) is 27.6. The van der Waals surface area contributed by atoms with Gasteiger partial charge in [0.2, 0.25) is 0 Å². The van der Waals surface area contributed by atoms with Crippen molar-refractivity contribution in [1.82, 2.24) is 0 Å². The molecule has 5 aromatic rings. The number of anilines is 1. The summed E-state index contributed by atoms with van der Waals surface area (Å²) in [4.78, 5) is 14.8. The number of hydrogen-bond donors (Lipinski definition) is 1.